The average Bonchev–Trinajstić information content (AvgIpc) is 3.38. The largest absolute Gasteiger partial charge is 0.341 e. The fourth-order valence-electron chi connectivity index (χ4n) is 3.86. The number of nitrogens with zero attached hydrogens (tertiary/aromatic N) is 2. The van der Waals surface area contributed by atoms with Crippen LogP contribution in [0.1, 0.15) is 31.9 Å². The smallest absolute Gasteiger partial charge is 0.268 e. The molecule has 0 saturated carbocycles. The van der Waals surface area contributed by atoms with E-state index in [0.29, 0.717) is 24.4 Å². The number of thiophene rings is 1. The van der Waals surface area contributed by atoms with Gasteiger partial charge in [0.05, 0.1) is 17.8 Å². The molecular formula is C29H28N2O2S. The lowest BCUT2D eigenvalue weighted by Crippen LogP contribution is -2.30. The normalized spacial score (nSPS) is 10.6. The molecule has 0 unspecified atom stereocenters. The Bertz CT molecular complexity index is 1230. The molecule has 2 amide bonds. The van der Waals surface area contributed by atoms with Crippen LogP contribution in [0.2, 0.25) is 0 Å². The maximum atomic E-state index is 13.3. The van der Waals surface area contributed by atoms with Gasteiger partial charge >= 0.3 is 0 Å². The molecule has 0 saturated heterocycles. The standard InChI is InChI=1S/C29H28N2O2S/c1-22-8-6-11-25(18-22)21-31(29(33)27-12-7-17-34-27)26-15-13-23(14-16-26)19-28(32)30(2)20-24-9-4-3-5-10-24/h3-18H,19-21H2,1-2H3. The molecule has 3 aromatic carbocycles. The van der Waals surface area contributed by atoms with Crippen molar-refractivity contribution in [2.24, 2.45) is 0 Å². The lowest BCUT2D eigenvalue weighted by molar-refractivity contribution is -0.129. The molecule has 4 nitrogen and oxygen atoms in total. The maximum Gasteiger partial charge on any atom is 0.268 e. The molecule has 0 atom stereocenters. The number of hydrogen-bond donors (Lipinski definition) is 0. The summed E-state index contributed by atoms with van der Waals surface area (Å²) in [6.07, 6.45) is 0.320. The van der Waals surface area contributed by atoms with Gasteiger partial charge in [0.2, 0.25) is 5.91 Å². The van der Waals surface area contributed by atoms with Crippen LogP contribution in [0.15, 0.2) is 96.4 Å². The lowest BCUT2D eigenvalue weighted by Gasteiger charge is -2.23. The molecule has 0 aliphatic carbocycles. The number of hydrogen-bond acceptors (Lipinski definition) is 3. The fraction of sp³-hybridized carbons (Fsp3) is 0.172. The van der Waals surface area contributed by atoms with Crippen LogP contribution in [0.25, 0.3) is 0 Å². The summed E-state index contributed by atoms with van der Waals surface area (Å²) in [4.78, 5) is 30.3. The molecule has 0 aliphatic heterocycles. The molecule has 0 N–H and O–H groups in total. The first-order valence-electron chi connectivity index (χ1n) is 11.3. The number of carbonyl (C=O) groups is 2. The van der Waals surface area contributed by atoms with E-state index in [1.807, 2.05) is 91.3 Å². The SMILES string of the molecule is Cc1cccc(CN(C(=O)c2cccs2)c2ccc(CC(=O)N(C)Cc3ccccc3)cc2)c1. The van der Waals surface area contributed by atoms with Gasteiger partial charge in [0.1, 0.15) is 0 Å². The molecule has 0 radical (unpaired) electrons. The highest BCUT2D eigenvalue weighted by Crippen LogP contribution is 2.23. The van der Waals surface area contributed by atoms with Crippen molar-refractivity contribution in [3.63, 3.8) is 0 Å². The van der Waals surface area contributed by atoms with Gasteiger partial charge in [0.25, 0.3) is 5.91 Å². The second-order valence-corrected chi connectivity index (χ2v) is 9.38. The van der Waals surface area contributed by atoms with Gasteiger partial charge in [-0.3, -0.25) is 9.59 Å². The van der Waals surface area contributed by atoms with E-state index in [-0.39, 0.29) is 11.8 Å². The van der Waals surface area contributed by atoms with E-state index in [9.17, 15) is 9.59 Å². The average molecular weight is 469 g/mol. The second kappa shape index (κ2) is 10.9. The second-order valence-electron chi connectivity index (χ2n) is 8.44. The van der Waals surface area contributed by atoms with Gasteiger partial charge in [-0.2, -0.15) is 0 Å². The van der Waals surface area contributed by atoms with Crippen LogP contribution in [0.5, 0.6) is 0 Å². The Labute approximate surface area is 205 Å². The van der Waals surface area contributed by atoms with Crippen LogP contribution < -0.4 is 4.90 Å². The van der Waals surface area contributed by atoms with Crippen LogP contribution in [0.4, 0.5) is 5.69 Å². The number of amides is 2. The first-order chi connectivity index (χ1) is 16.5. The van der Waals surface area contributed by atoms with Gasteiger partial charge in [-0.05, 0) is 47.2 Å². The van der Waals surface area contributed by atoms with E-state index in [2.05, 4.69) is 19.1 Å². The molecule has 4 aromatic rings. The van der Waals surface area contributed by atoms with Crippen molar-refractivity contribution in [3.8, 4) is 0 Å². The summed E-state index contributed by atoms with van der Waals surface area (Å²) in [5, 5.41) is 1.92. The molecular weight excluding hydrogens is 440 g/mol. The predicted molar refractivity (Wildman–Crippen MR) is 139 cm³/mol. The van der Waals surface area contributed by atoms with E-state index >= 15 is 0 Å². The van der Waals surface area contributed by atoms with Crippen molar-refractivity contribution >= 4 is 28.8 Å². The molecule has 0 fully saturated rings. The summed E-state index contributed by atoms with van der Waals surface area (Å²) in [5.74, 6) is 0.0332. The van der Waals surface area contributed by atoms with Crippen LogP contribution in [0.3, 0.4) is 0 Å². The number of carbonyl (C=O) groups excluding carboxylic acids is 2. The molecule has 1 heterocycles. The third-order valence-electron chi connectivity index (χ3n) is 5.69. The maximum absolute atomic E-state index is 13.3. The van der Waals surface area contributed by atoms with E-state index in [1.165, 1.54) is 11.3 Å². The molecule has 34 heavy (non-hydrogen) atoms. The van der Waals surface area contributed by atoms with Crippen molar-refractivity contribution in [2.75, 3.05) is 11.9 Å². The molecule has 172 valence electrons. The summed E-state index contributed by atoms with van der Waals surface area (Å²) in [5.41, 5.74) is 5.08. The summed E-state index contributed by atoms with van der Waals surface area (Å²) in [7, 11) is 1.83. The minimum Gasteiger partial charge on any atom is -0.341 e. The van der Waals surface area contributed by atoms with Gasteiger partial charge < -0.3 is 9.80 Å². The van der Waals surface area contributed by atoms with Crippen molar-refractivity contribution in [1.82, 2.24) is 4.90 Å². The highest BCUT2D eigenvalue weighted by Gasteiger charge is 2.19. The molecule has 4 rings (SSSR count). The topological polar surface area (TPSA) is 40.6 Å². The molecule has 1 aromatic heterocycles. The summed E-state index contributed by atoms with van der Waals surface area (Å²) < 4.78 is 0. The van der Waals surface area contributed by atoms with Crippen LogP contribution in [-0.2, 0) is 24.3 Å². The summed E-state index contributed by atoms with van der Waals surface area (Å²) >= 11 is 1.44. The van der Waals surface area contributed by atoms with Crippen molar-refractivity contribution in [3.05, 3.63) is 124 Å². The zero-order chi connectivity index (χ0) is 23.9. The number of anilines is 1. The van der Waals surface area contributed by atoms with E-state index in [0.717, 1.165) is 27.9 Å². The summed E-state index contributed by atoms with van der Waals surface area (Å²) in [6, 6.07) is 29.7. The molecule has 0 bridgehead atoms. The first-order valence-corrected chi connectivity index (χ1v) is 12.2. The Morgan fingerprint density at radius 3 is 2.18 bits per heavy atom. The van der Waals surface area contributed by atoms with Crippen LogP contribution >= 0.6 is 11.3 Å². The fourth-order valence-corrected chi connectivity index (χ4v) is 4.53. The monoisotopic (exact) mass is 468 g/mol. The zero-order valence-corrected chi connectivity index (χ0v) is 20.3. The third-order valence-corrected chi connectivity index (χ3v) is 6.55. The molecule has 5 heteroatoms. The number of benzene rings is 3. The van der Waals surface area contributed by atoms with Crippen LogP contribution in [-0.4, -0.2) is 23.8 Å². The Kier molecular flexibility index (Phi) is 7.55. The van der Waals surface area contributed by atoms with Crippen LogP contribution in [0, 0.1) is 6.92 Å². The third kappa shape index (κ3) is 6.00. The summed E-state index contributed by atoms with van der Waals surface area (Å²) in [6.45, 7) is 3.11. The Balaban J connectivity index is 1.49. The van der Waals surface area contributed by atoms with E-state index in [1.54, 1.807) is 9.80 Å². The Hall–Kier alpha value is -3.70. The van der Waals surface area contributed by atoms with Gasteiger partial charge in [-0.15, -0.1) is 11.3 Å². The van der Waals surface area contributed by atoms with E-state index < -0.39 is 0 Å². The molecule has 0 spiro atoms. The van der Waals surface area contributed by atoms with E-state index in [4.69, 9.17) is 0 Å². The molecule has 0 aliphatic rings. The highest BCUT2D eigenvalue weighted by molar-refractivity contribution is 7.12. The quantitative estimate of drug-likeness (QED) is 0.313. The lowest BCUT2D eigenvalue weighted by atomic mass is 10.1. The predicted octanol–water partition coefficient (Wildman–Crippen LogP) is 6.10. The van der Waals surface area contributed by atoms with Gasteiger partial charge in [-0.25, -0.2) is 0 Å². The Morgan fingerprint density at radius 2 is 1.50 bits per heavy atom. The highest BCUT2D eigenvalue weighted by atomic mass is 32.1. The van der Waals surface area contributed by atoms with Gasteiger partial charge in [-0.1, -0.05) is 78.4 Å². The number of aryl methyl sites for hydroxylation is 1. The number of likely N-dealkylation sites (N-methyl/N-ethyl adjacent to an activating group) is 1. The first kappa shape index (κ1) is 23.5. The van der Waals surface area contributed by atoms with Gasteiger partial charge in [0, 0.05) is 19.3 Å². The van der Waals surface area contributed by atoms with Gasteiger partial charge in [0.15, 0.2) is 0 Å². The minimum atomic E-state index is -0.0251. The van der Waals surface area contributed by atoms with Crippen molar-refractivity contribution < 1.29 is 9.59 Å². The number of rotatable bonds is 8. The Morgan fingerprint density at radius 1 is 0.765 bits per heavy atom. The van der Waals surface area contributed by atoms with Crippen molar-refractivity contribution in [1.29, 1.82) is 0 Å². The zero-order valence-electron chi connectivity index (χ0n) is 19.5. The minimum absolute atomic E-state index is 0.0251. The van der Waals surface area contributed by atoms with Crippen molar-refractivity contribution in [2.45, 2.75) is 26.4 Å².